The third-order valence-electron chi connectivity index (χ3n) is 7.79. The van der Waals surface area contributed by atoms with Crippen LogP contribution < -0.4 is 5.32 Å². The highest BCUT2D eigenvalue weighted by molar-refractivity contribution is 5.97. The second kappa shape index (κ2) is 13.4. The van der Waals surface area contributed by atoms with E-state index < -0.39 is 17.6 Å². The van der Waals surface area contributed by atoms with Crippen molar-refractivity contribution in [2.24, 2.45) is 5.92 Å². The Bertz CT molecular complexity index is 1180. The first-order chi connectivity index (χ1) is 19.1. The van der Waals surface area contributed by atoms with E-state index in [4.69, 9.17) is 0 Å². The van der Waals surface area contributed by atoms with E-state index in [0.29, 0.717) is 19.5 Å². The zero-order valence-corrected chi connectivity index (χ0v) is 22.9. The van der Waals surface area contributed by atoms with E-state index in [1.165, 1.54) is 17.7 Å². The van der Waals surface area contributed by atoms with Gasteiger partial charge in [-0.25, -0.2) is 0 Å². The minimum atomic E-state index is -4.53. The van der Waals surface area contributed by atoms with Gasteiger partial charge in [0, 0.05) is 63.4 Å². The average molecular weight is 559 g/mol. The molecule has 2 saturated heterocycles. The maximum atomic E-state index is 12.9. The number of carbonyl (C=O) groups excluding carboxylic acids is 3. The molecule has 0 aromatic heterocycles. The number of nitrogens with one attached hydrogen (secondary N) is 1. The second-order valence-electron chi connectivity index (χ2n) is 10.6. The third-order valence-corrected chi connectivity index (χ3v) is 7.79. The summed E-state index contributed by atoms with van der Waals surface area (Å²) < 4.78 is 38.6. The number of benzene rings is 2. The number of hydrogen-bond acceptors (Lipinski definition) is 5. The standard InChI is InChI=1S/C30H37F3N4O3/c1-2-22-6-8-24(9-7-22)29(40)37-16-14-35(15-17-37)12-13-36-11-10-23(21-36)18-27(38)20-34-28(39)25-4-3-5-26(19-25)30(31,32)33/h3-9,19,23H,2,10-18,20-21H2,1H3,(H,34,39)/t23-/m0/s1. The summed E-state index contributed by atoms with van der Waals surface area (Å²) in [7, 11) is 0. The van der Waals surface area contributed by atoms with Crippen molar-refractivity contribution in [3.05, 3.63) is 70.8 Å². The molecule has 2 aromatic carbocycles. The summed E-state index contributed by atoms with van der Waals surface area (Å²) in [6, 6.07) is 12.0. The summed E-state index contributed by atoms with van der Waals surface area (Å²) in [5.74, 6) is -0.534. The molecule has 0 saturated carbocycles. The molecule has 0 bridgehead atoms. The SMILES string of the molecule is CCc1ccc(C(=O)N2CCN(CCN3CC[C@@H](CC(=O)CNC(=O)c4cccc(C(F)(F)F)c4)C3)CC2)cc1. The second-order valence-corrected chi connectivity index (χ2v) is 10.6. The van der Waals surface area contributed by atoms with Crippen molar-refractivity contribution in [3.63, 3.8) is 0 Å². The van der Waals surface area contributed by atoms with Crippen molar-refractivity contribution in [1.82, 2.24) is 20.0 Å². The number of ketones is 1. The monoisotopic (exact) mass is 558 g/mol. The summed E-state index contributed by atoms with van der Waals surface area (Å²) in [5.41, 5.74) is 0.935. The number of nitrogens with zero attached hydrogens (tertiary/aromatic N) is 3. The molecule has 0 radical (unpaired) electrons. The molecule has 216 valence electrons. The van der Waals surface area contributed by atoms with Gasteiger partial charge < -0.3 is 15.1 Å². The lowest BCUT2D eigenvalue weighted by molar-refractivity contribution is -0.137. The van der Waals surface area contributed by atoms with Gasteiger partial charge in [0.05, 0.1) is 12.1 Å². The number of likely N-dealkylation sites (tertiary alicyclic amines) is 1. The van der Waals surface area contributed by atoms with Crippen molar-refractivity contribution in [2.45, 2.75) is 32.4 Å². The zero-order chi connectivity index (χ0) is 28.7. The van der Waals surface area contributed by atoms with E-state index in [1.807, 2.05) is 29.2 Å². The zero-order valence-electron chi connectivity index (χ0n) is 22.9. The molecule has 4 rings (SSSR count). The number of hydrogen-bond donors (Lipinski definition) is 1. The molecule has 1 atom stereocenters. The Kier molecular flexibility index (Phi) is 9.97. The minimum Gasteiger partial charge on any atom is -0.345 e. The number of Topliss-reactive ketones (excluding diaryl/α,β-unsaturated/α-hetero) is 1. The van der Waals surface area contributed by atoms with Gasteiger partial charge in [-0.1, -0.05) is 25.1 Å². The van der Waals surface area contributed by atoms with Crippen molar-refractivity contribution in [3.8, 4) is 0 Å². The smallest absolute Gasteiger partial charge is 0.345 e. The Hall–Kier alpha value is -3.24. The predicted molar refractivity (Wildman–Crippen MR) is 146 cm³/mol. The minimum absolute atomic E-state index is 0.0837. The van der Waals surface area contributed by atoms with E-state index in [0.717, 1.165) is 69.8 Å². The van der Waals surface area contributed by atoms with Crippen LogP contribution >= 0.6 is 0 Å². The summed E-state index contributed by atoms with van der Waals surface area (Å²) >= 11 is 0. The Morgan fingerprint density at radius 2 is 1.60 bits per heavy atom. The fourth-order valence-electron chi connectivity index (χ4n) is 5.32. The molecule has 2 amide bonds. The molecule has 40 heavy (non-hydrogen) atoms. The Labute approximate surface area is 233 Å². The van der Waals surface area contributed by atoms with E-state index >= 15 is 0 Å². The molecular weight excluding hydrogens is 521 g/mol. The third kappa shape index (κ3) is 8.14. The van der Waals surface area contributed by atoms with Crippen molar-refractivity contribution in [2.75, 3.05) is 58.9 Å². The van der Waals surface area contributed by atoms with Gasteiger partial charge in [0.25, 0.3) is 11.8 Å². The first kappa shape index (κ1) is 29.7. The van der Waals surface area contributed by atoms with Crippen molar-refractivity contribution >= 4 is 17.6 Å². The first-order valence-corrected chi connectivity index (χ1v) is 13.9. The lowest BCUT2D eigenvalue weighted by atomic mass is 10.0. The summed E-state index contributed by atoms with van der Waals surface area (Å²) in [6.07, 6.45) is -2.35. The van der Waals surface area contributed by atoms with Crippen LogP contribution in [0.3, 0.4) is 0 Å². The fourth-order valence-corrected chi connectivity index (χ4v) is 5.32. The van der Waals surface area contributed by atoms with Gasteiger partial charge in [0.15, 0.2) is 5.78 Å². The number of halogens is 3. The van der Waals surface area contributed by atoms with E-state index in [9.17, 15) is 27.6 Å². The maximum Gasteiger partial charge on any atom is 0.416 e. The summed E-state index contributed by atoms with van der Waals surface area (Å²) in [4.78, 5) is 44.1. The van der Waals surface area contributed by atoms with Crippen LogP contribution in [0.5, 0.6) is 0 Å². The van der Waals surface area contributed by atoms with Gasteiger partial charge in [0.1, 0.15) is 0 Å². The molecular formula is C30H37F3N4O3. The normalized spacial score (nSPS) is 18.6. The molecule has 2 aliphatic heterocycles. The summed E-state index contributed by atoms with van der Waals surface area (Å²) in [6.45, 7) is 8.48. The average Bonchev–Trinajstić information content (AvgIpc) is 3.41. The number of aryl methyl sites for hydroxylation is 1. The fraction of sp³-hybridized carbons (Fsp3) is 0.500. The molecule has 10 heteroatoms. The van der Waals surface area contributed by atoms with Gasteiger partial charge in [-0.05, 0) is 61.2 Å². The molecule has 0 spiro atoms. The van der Waals surface area contributed by atoms with Gasteiger partial charge >= 0.3 is 6.18 Å². The van der Waals surface area contributed by atoms with Crippen molar-refractivity contribution < 1.29 is 27.6 Å². The van der Waals surface area contributed by atoms with Crippen LogP contribution in [0.4, 0.5) is 13.2 Å². The predicted octanol–water partition coefficient (Wildman–Crippen LogP) is 3.74. The van der Waals surface area contributed by atoms with Crippen LogP contribution in [0.15, 0.2) is 48.5 Å². The largest absolute Gasteiger partial charge is 0.416 e. The van der Waals surface area contributed by atoms with Crippen LogP contribution in [0, 0.1) is 5.92 Å². The van der Waals surface area contributed by atoms with Gasteiger partial charge in [0.2, 0.25) is 0 Å². The lowest BCUT2D eigenvalue weighted by Crippen LogP contribution is -2.50. The quantitative estimate of drug-likeness (QED) is 0.481. The van der Waals surface area contributed by atoms with Gasteiger partial charge in [-0.3, -0.25) is 19.3 Å². The molecule has 2 aliphatic rings. The number of piperazine rings is 1. The first-order valence-electron chi connectivity index (χ1n) is 13.9. The van der Waals surface area contributed by atoms with E-state index in [1.54, 1.807) is 0 Å². The Morgan fingerprint density at radius 3 is 2.27 bits per heavy atom. The Morgan fingerprint density at radius 1 is 0.900 bits per heavy atom. The maximum absolute atomic E-state index is 12.9. The van der Waals surface area contributed by atoms with Crippen LogP contribution in [-0.2, 0) is 17.4 Å². The molecule has 2 heterocycles. The van der Waals surface area contributed by atoms with E-state index in [2.05, 4.69) is 22.0 Å². The molecule has 0 aliphatic carbocycles. The highest BCUT2D eigenvalue weighted by atomic mass is 19.4. The van der Waals surface area contributed by atoms with Gasteiger partial charge in [-0.15, -0.1) is 0 Å². The van der Waals surface area contributed by atoms with Crippen molar-refractivity contribution in [1.29, 1.82) is 0 Å². The molecule has 0 unspecified atom stereocenters. The number of rotatable bonds is 10. The Balaban J connectivity index is 1.12. The van der Waals surface area contributed by atoms with Crippen LogP contribution in [0.25, 0.3) is 0 Å². The van der Waals surface area contributed by atoms with Crippen LogP contribution in [0.1, 0.15) is 51.6 Å². The van der Waals surface area contributed by atoms with E-state index in [-0.39, 0.29) is 29.7 Å². The topological polar surface area (TPSA) is 73.0 Å². The molecule has 2 fully saturated rings. The molecule has 7 nitrogen and oxygen atoms in total. The highest BCUT2D eigenvalue weighted by Gasteiger charge is 2.31. The van der Waals surface area contributed by atoms with Crippen LogP contribution in [0.2, 0.25) is 0 Å². The number of carbonyl (C=O) groups is 3. The lowest BCUT2D eigenvalue weighted by Gasteiger charge is -2.35. The number of amides is 2. The highest BCUT2D eigenvalue weighted by Crippen LogP contribution is 2.29. The summed E-state index contributed by atoms with van der Waals surface area (Å²) in [5, 5.41) is 2.45. The molecule has 1 N–H and O–H groups in total. The van der Waals surface area contributed by atoms with Gasteiger partial charge in [-0.2, -0.15) is 13.2 Å². The molecule has 2 aromatic rings. The van der Waals surface area contributed by atoms with Crippen LogP contribution in [-0.4, -0.2) is 91.2 Å². The number of alkyl halides is 3.